The van der Waals surface area contributed by atoms with Crippen LogP contribution < -0.4 is 6.15 Å². The number of hydrogen-bond donors (Lipinski definition) is 1. The normalized spacial score (nSPS) is 10.1. The molecule has 0 saturated heterocycles. The first-order chi connectivity index (χ1) is 5.07. The zero-order valence-electron chi connectivity index (χ0n) is 8.66. The molecule has 0 spiro atoms. The fourth-order valence-corrected chi connectivity index (χ4v) is 0.627. The summed E-state index contributed by atoms with van der Waals surface area (Å²) in [7, 11) is 3.36. The van der Waals surface area contributed by atoms with Crippen molar-refractivity contribution in [2.24, 2.45) is 0 Å². The number of nitrogens with zero attached hydrogens (tertiary/aromatic N) is 1. The zero-order chi connectivity index (χ0) is 8.85. The zero-order valence-corrected chi connectivity index (χ0v) is 9.48. The summed E-state index contributed by atoms with van der Waals surface area (Å²) in [6, 6.07) is 0. The van der Waals surface area contributed by atoms with E-state index in [9.17, 15) is 4.79 Å². The molecule has 0 aliphatic rings. The highest BCUT2D eigenvalue weighted by molar-refractivity contribution is 5.87. The van der Waals surface area contributed by atoms with Crippen molar-refractivity contribution in [1.82, 2.24) is 11.2 Å². The van der Waals surface area contributed by atoms with Gasteiger partial charge in [-0.3, -0.25) is 0 Å². The summed E-state index contributed by atoms with van der Waals surface area (Å²) in [4.78, 5) is 15.8. The molecule has 5 heteroatoms. The van der Waals surface area contributed by atoms with Crippen LogP contribution in [0.25, 0.3) is 0 Å². The first kappa shape index (κ1) is 18.3. The quantitative estimate of drug-likeness (QED) is 0.571. The van der Waals surface area contributed by atoms with Gasteiger partial charge in [-0.25, -0.2) is 4.79 Å². The molecule has 13 heavy (non-hydrogen) atoms. The van der Waals surface area contributed by atoms with Crippen LogP contribution in [0.2, 0.25) is 0 Å². The van der Waals surface area contributed by atoms with Crippen LogP contribution in [0.1, 0.15) is 20.3 Å². The SMILES string of the molecule is CCC=C(C)C(=O)ON(C)C.Cl.N. The number of carbonyl (C=O) groups excluding carboxylic acids is 1. The van der Waals surface area contributed by atoms with E-state index in [0.717, 1.165) is 6.42 Å². The Kier molecular flexibility index (Phi) is 13.3. The maximum Gasteiger partial charge on any atom is 0.352 e. The van der Waals surface area contributed by atoms with Gasteiger partial charge in [0.05, 0.1) is 0 Å². The highest BCUT2D eigenvalue weighted by Gasteiger charge is 2.05. The van der Waals surface area contributed by atoms with Crippen molar-refractivity contribution in [2.75, 3.05) is 14.1 Å². The van der Waals surface area contributed by atoms with Gasteiger partial charge in [0.15, 0.2) is 0 Å². The third-order valence-electron chi connectivity index (χ3n) is 1.10. The minimum atomic E-state index is -0.281. The summed E-state index contributed by atoms with van der Waals surface area (Å²) >= 11 is 0. The number of halogens is 1. The molecule has 80 valence electrons. The van der Waals surface area contributed by atoms with Gasteiger partial charge in [-0.2, -0.15) is 0 Å². The third kappa shape index (κ3) is 9.33. The molecule has 0 bridgehead atoms. The Labute approximate surface area is 85.9 Å². The molecule has 3 N–H and O–H groups in total. The van der Waals surface area contributed by atoms with Crippen LogP contribution in [0.4, 0.5) is 0 Å². The average molecular weight is 211 g/mol. The molecule has 0 aliphatic heterocycles. The number of hydrogen-bond acceptors (Lipinski definition) is 4. The molecular formula is C8H19ClN2O2. The van der Waals surface area contributed by atoms with Crippen molar-refractivity contribution in [3.05, 3.63) is 11.6 Å². The Hall–Kier alpha value is -0.580. The summed E-state index contributed by atoms with van der Waals surface area (Å²) < 4.78 is 0. The van der Waals surface area contributed by atoms with Gasteiger partial charge in [0.1, 0.15) is 0 Å². The van der Waals surface area contributed by atoms with Gasteiger partial charge in [0.25, 0.3) is 0 Å². The van der Waals surface area contributed by atoms with Crippen LogP contribution in [-0.2, 0) is 9.63 Å². The van der Waals surface area contributed by atoms with Gasteiger partial charge in [-0.15, -0.1) is 17.5 Å². The largest absolute Gasteiger partial charge is 0.365 e. The molecular weight excluding hydrogens is 192 g/mol. The highest BCUT2D eigenvalue weighted by Crippen LogP contribution is 1.98. The second-order valence-electron chi connectivity index (χ2n) is 2.49. The fourth-order valence-electron chi connectivity index (χ4n) is 0.627. The Morgan fingerprint density at radius 1 is 1.46 bits per heavy atom. The molecule has 0 atom stereocenters. The summed E-state index contributed by atoms with van der Waals surface area (Å²) in [5, 5.41) is 1.38. The molecule has 0 aromatic carbocycles. The maximum atomic E-state index is 11.0. The Morgan fingerprint density at radius 3 is 2.23 bits per heavy atom. The van der Waals surface area contributed by atoms with Gasteiger partial charge in [-0.05, 0) is 13.3 Å². The molecule has 0 amide bonds. The lowest BCUT2D eigenvalue weighted by Crippen LogP contribution is -2.18. The molecule has 0 aromatic heterocycles. The van der Waals surface area contributed by atoms with Gasteiger partial charge >= 0.3 is 5.97 Å². The monoisotopic (exact) mass is 210 g/mol. The fraction of sp³-hybridized carbons (Fsp3) is 0.625. The van der Waals surface area contributed by atoms with Crippen LogP contribution in [0.3, 0.4) is 0 Å². The Bertz CT molecular complexity index is 170. The molecule has 0 rings (SSSR count). The number of hydroxylamine groups is 2. The lowest BCUT2D eigenvalue weighted by molar-refractivity contribution is -0.172. The number of carbonyl (C=O) groups is 1. The van der Waals surface area contributed by atoms with E-state index in [1.807, 2.05) is 13.0 Å². The van der Waals surface area contributed by atoms with Gasteiger partial charge in [0.2, 0.25) is 0 Å². The van der Waals surface area contributed by atoms with Crippen molar-refractivity contribution >= 4 is 18.4 Å². The molecule has 0 aliphatic carbocycles. The van der Waals surface area contributed by atoms with E-state index in [4.69, 9.17) is 4.84 Å². The van der Waals surface area contributed by atoms with Crippen molar-refractivity contribution in [1.29, 1.82) is 0 Å². The predicted octanol–water partition coefficient (Wildman–Crippen LogP) is 1.95. The van der Waals surface area contributed by atoms with E-state index in [-0.39, 0.29) is 24.5 Å². The minimum absolute atomic E-state index is 0. The highest BCUT2D eigenvalue weighted by atomic mass is 35.5. The van der Waals surface area contributed by atoms with E-state index in [1.54, 1.807) is 21.0 Å². The van der Waals surface area contributed by atoms with Crippen LogP contribution in [0, 0.1) is 0 Å². The van der Waals surface area contributed by atoms with E-state index in [2.05, 4.69) is 0 Å². The second-order valence-corrected chi connectivity index (χ2v) is 2.49. The van der Waals surface area contributed by atoms with Crippen molar-refractivity contribution in [2.45, 2.75) is 20.3 Å². The summed E-state index contributed by atoms with van der Waals surface area (Å²) in [5.41, 5.74) is 0.654. The van der Waals surface area contributed by atoms with Crippen LogP contribution >= 0.6 is 12.4 Å². The van der Waals surface area contributed by atoms with Crippen molar-refractivity contribution in [3.8, 4) is 0 Å². The first-order valence-corrected chi connectivity index (χ1v) is 3.64. The Balaban J connectivity index is -0.000000500. The van der Waals surface area contributed by atoms with Crippen LogP contribution in [0.15, 0.2) is 11.6 Å². The third-order valence-corrected chi connectivity index (χ3v) is 1.10. The molecule has 0 unspecified atom stereocenters. The lowest BCUT2D eigenvalue weighted by Gasteiger charge is -2.09. The minimum Gasteiger partial charge on any atom is -0.365 e. The molecule has 0 saturated carbocycles. The smallest absolute Gasteiger partial charge is 0.352 e. The molecule has 0 aromatic rings. The van der Waals surface area contributed by atoms with Crippen molar-refractivity contribution in [3.63, 3.8) is 0 Å². The first-order valence-electron chi connectivity index (χ1n) is 3.64. The van der Waals surface area contributed by atoms with Gasteiger partial charge in [-0.1, -0.05) is 13.0 Å². The lowest BCUT2D eigenvalue weighted by atomic mass is 10.2. The van der Waals surface area contributed by atoms with Crippen molar-refractivity contribution < 1.29 is 9.63 Å². The molecule has 0 fully saturated rings. The number of allylic oxidation sites excluding steroid dienone is 1. The summed E-state index contributed by atoms with van der Waals surface area (Å²) in [6.07, 6.45) is 2.69. The van der Waals surface area contributed by atoms with E-state index in [0.29, 0.717) is 5.57 Å². The summed E-state index contributed by atoms with van der Waals surface area (Å²) in [5.74, 6) is -0.281. The molecule has 0 radical (unpaired) electrons. The molecule has 4 nitrogen and oxygen atoms in total. The number of rotatable bonds is 3. The maximum absolute atomic E-state index is 11.0. The standard InChI is InChI=1S/C8H15NO2.ClH.H3N/c1-5-6-7(2)8(10)11-9(3)4;;/h6H,5H2,1-4H3;1H;1H3. The van der Waals surface area contributed by atoms with E-state index >= 15 is 0 Å². The van der Waals surface area contributed by atoms with Crippen LogP contribution in [0.5, 0.6) is 0 Å². The topological polar surface area (TPSA) is 64.5 Å². The van der Waals surface area contributed by atoms with E-state index < -0.39 is 0 Å². The average Bonchev–Trinajstić information content (AvgIpc) is 1.86. The predicted molar refractivity (Wildman–Crippen MR) is 56.1 cm³/mol. The summed E-state index contributed by atoms with van der Waals surface area (Å²) in [6.45, 7) is 3.72. The molecule has 0 heterocycles. The van der Waals surface area contributed by atoms with Gasteiger partial charge < -0.3 is 11.0 Å². The Morgan fingerprint density at radius 2 is 1.92 bits per heavy atom. The van der Waals surface area contributed by atoms with E-state index in [1.165, 1.54) is 5.06 Å². The van der Waals surface area contributed by atoms with Crippen LogP contribution in [-0.4, -0.2) is 25.1 Å². The van der Waals surface area contributed by atoms with Gasteiger partial charge in [0, 0.05) is 19.7 Å². The second kappa shape index (κ2) is 9.51.